The van der Waals surface area contributed by atoms with Gasteiger partial charge >= 0.3 is 6.09 Å². The average Bonchev–Trinajstić information content (AvgIpc) is 2.61. The largest absolute Gasteiger partial charge is 0.465 e. The normalized spacial score (nSPS) is 32.6. The highest BCUT2D eigenvalue weighted by molar-refractivity contribution is 5.79. The number of carbonyl (C=O) groups is 2. The fourth-order valence-corrected chi connectivity index (χ4v) is 2.14. The minimum Gasteiger partial charge on any atom is -0.465 e. The molecule has 0 radical (unpaired) electrons. The second-order valence-corrected chi connectivity index (χ2v) is 3.91. The number of likely N-dealkylation sites (tertiary alicyclic amines) is 1. The van der Waals surface area contributed by atoms with Crippen LogP contribution in [0.2, 0.25) is 0 Å². The number of rotatable bonds is 0. The van der Waals surface area contributed by atoms with E-state index in [9.17, 15) is 9.59 Å². The van der Waals surface area contributed by atoms with Crippen LogP contribution < -0.4 is 5.32 Å². The highest BCUT2D eigenvalue weighted by Crippen LogP contribution is 2.36. The predicted molar refractivity (Wildman–Crippen MR) is 44.3 cm³/mol. The maximum absolute atomic E-state index is 11.0. The Kier molecular flexibility index (Phi) is 1.68. The topological polar surface area (TPSA) is 69.6 Å². The second-order valence-electron chi connectivity index (χ2n) is 3.91. The lowest BCUT2D eigenvalue weighted by Crippen LogP contribution is -2.32. The first kappa shape index (κ1) is 8.34. The quantitative estimate of drug-likeness (QED) is 0.551. The number of amides is 2. The Labute approximate surface area is 75.7 Å². The number of carboxylic acid groups (broad SMARTS) is 1. The molecule has 0 aromatic rings. The fraction of sp³-hybridized carbons (Fsp3) is 0.750. The molecule has 13 heavy (non-hydrogen) atoms. The zero-order valence-electron chi connectivity index (χ0n) is 7.25. The Morgan fingerprint density at radius 3 is 2.85 bits per heavy atom. The van der Waals surface area contributed by atoms with Crippen molar-refractivity contribution in [2.75, 3.05) is 19.6 Å². The van der Waals surface area contributed by atoms with Gasteiger partial charge in [0.05, 0.1) is 0 Å². The summed E-state index contributed by atoms with van der Waals surface area (Å²) in [6.45, 7) is 1.70. The van der Waals surface area contributed by atoms with Gasteiger partial charge < -0.3 is 15.3 Å². The third-order valence-corrected chi connectivity index (χ3v) is 2.90. The van der Waals surface area contributed by atoms with E-state index < -0.39 is 6.09 Å². The first-order chi connectivity index (χ1) is 6.11. The van der Waals surface area contributed by atoms with E-state index in [2.05, 4.69) is 5.32 Å². The summed E-state index contributed by atoms with van der Waals surface area (Å²) >= 11 is 0. The van der Waals surface area contributed by atoms with Crippen molar-refractivity contribution in [1.82, 2.24) is 10.2 Å². The SMILES string of the molecule is O=C1CC2(CCN(C(=O)O)C2)CN1. The molecule has 1 unspecified atom stereocenters. The summed E-state index contributed by atoms with van der Waals surface area (Å²) < 4.78 is 0. The molecule has 1 spiro atoms. The molecule has 2 amide bonds. The molecule has 2 fully saturated rings. The number of carbonyl (C=O) groups excluding carboxylic acids is 1. The molecule has 2 N–H and O–H groups in total. The van der Waals surface area contributed by atoms with E-state index in [1.807, 2.05) is 0 Å². The third kappa shape index (κ3) is 1.34. The first-order valence-electron chi connectivity index (χ1n) is 4.36. The van der Waals surface area contributed by atoms with Gasteiger partial charge in [-0.15, -0.1) is 0 Å². The summed E-state index contributed by atoms with van der Waals surface area (Å²) in [7, 11) is 0. The first-order valence-corrected chi connectivity index (χ1v) is 4.36. The minimum atomic E-state index is -0.878. The van der Waals surface area contributed by atoms with Crippen molar-refractivity contribution in [1.29, 1.82) is 0 Å². The van der Waals surface area contributed by atoms with Crippen LogP contribution in [-0.4, -0.2) is 41.6 Å². The Morgan fingerprint density at radius 1 is 1.62 bits per heavy atom. The molecule has 2 heterocycles. The van der Waals surface area contributed by atoms with Gasteiger partial charge in [-0.3, -0.25) is 4.79 Å². The van der Waals surface area contributed by atoms with Crippen molar-refractivity contribution in [3.05, 3.63) is 0 Å². The molecule has 2 rings (SSSR count). The van der Waals surface area contributed by atoms with Crippen LogP contribution in [0.4, 0.5) is 4.79 Å². The van der Waals surface area contributed by atoms with Crippen LogP contribution in [0.15, 0.2) is 0 Å². The lowest BCUT2D eigenvalue weighted by molar-refractivity contribution is -0.119. The standard InChI is InChI=1S/C8H12N2O3/c11-6-3-8(4-9-6)1-2-10(5-8)7(12)13/h1-5H2,(H,9,11)(H,12,13). The summed E-state index contributed by atoms with van der Waals surface area (Å²) in [5, 5.41) is 11.5. The van der Waals surface area contributed by atoms with Crippen LogP contribution in [0.1, 0.15) is 12.8 Å². The third-order valence-electron chi connectivity index (χ3n) is 2.90. The van der Waals surface area contributed by atoms with Gasteiger partial charge in [0.25, 0.3) is 0 Å². The molecule has 72 valence electrons. The zero-order chi connectivity index (χ0) is 9.47. The van der Waals surface area contributed by atoms with E-state index in [0.717, 1.165) is 6.42 Å². The van der Waals surface area contributed by atoms with E-state index >= 15 is 0 Å². The molecule has 2 aliphatic rings. The molecule has 0 bridgehead atoms. The number of hydrogen-bond donors (Lipinski definition) is 2. The lowest BCUT2D eigenvalue weighted by atomic mass is 9.86. The van der Waals surface area contributed by atoms with Crippen LogP contribution in [0.25, 0.3) is 0 Å². The maximum atomic E-state index is 11.0. The number of hydrogen-bond acceptors (Lipinski definition) is 2. The van der Waals surface area contributed by atoms with Crippen LogP contribution in [0.3, 0.4) is 0 Å². The van der Waals surface area contributed by atoms with E-state index in [1.54, 1.807) is 0 Å². The number of nitrogens with zero attached hydrogens (tertiary/aromatic N) is 1. The molecule has 1 atom stereocenters. The molecule has 0 aromatic carbocycles. The van der Waals surface area contributed by atoms with Gasteiger partial charge in [-0.05, 0) is 6.42 Å². The van der Waals surface area contributed by atoms with Crippen LogP contribution >= 0.6 is 0 Å². The Hall–Kier alpha value is -1.26. The predicted octanol–water partition coefficient (Wildman–Crippen LogP) is -0.124. The summed E-state index contributed by atoms with van der Waals surface area (Å²) in [6, 6.07) is 0. The Morgan fingerprint density at radius 2 is 2.38 bits per heavy atom. The monoisotopic (exact) mass is 184 g/mol. The van der Waals surface area contributed by atoms with Gasteiger partial charge in [0.2, 0.25) is 5.91 Å². The van der Waals surface area contributed by atoms with Gasteiger partial charge in [-0.2, -0.15) is 0 Å². The molecule has 0 saturated carbocycles. The van der Waals surface area contributed by atoms with Gasteiger partial charge in [0.1, 0.15) is 0 Å². The van der Waals surface area contributed by atoms with E-state index in [0.29, 0.717) is 26.1 Å². The molecule has 5 heteroatoms. The smallest absolute Gasteiger partial charge is 0.407 e. The van der Waals surface area contributed by atoms with Gasteiger partial charge in [0.15, 0.2) is 0 Å². The molecule has 0 aromatic heterocycles. The van der Waals surface area contributed by atoms with Crippen molar-refractivity contribution in [3.8, 4) is 0 Å². The van der Waals surface area contributed by atoms with Gasteiger partial charge in [-0.25, -0.2) is 4.79 Å². The lowest BCUT2D eigenvalue weighted by Gasteiger charge is -2.19. The van der Waals surface area contributed by atoms with Crippen LogP contribution in [-0.2, 0) is 4.79 Å². The zero-order valence-corrected chi connectivity index (χ0v) is 7.25. The van der Waals surface area contributed by atoms with E-state index in [1.165, 1.54) is 4.90 Å². The summed E-state index contributed by atoms with van der Waals surface area (Å²) in [4.78, 5) is 23.0. The Bertz CT molecular complexity index is 266. The van der Waals surface area contributed by atoms with E-state index in [4.69, 9.17) is 5.11 Å². The molecule has 2 saturated heterocycles. The van der Waals surface area contributed by atoms with Crippen molar-refractivity contribution in [2.45, 2.75) is 12.8 Å². The number of nitrogens with one attached hydrogen (secondary N) is 1. The molecular weight excluding hydrogens is 172 g/mol. The fourth-order valence-electron chi connectivity index (χ4n) is 2.14. The minimum absolute atomic E-state index is 0.0484. The van der Waals surface area contributed by atoms with Crippen molar-refractivity contribution >= 4 is 12.0 Å². The van der Waals surface area contributed by atoms with Crippen LogP contribution in [0, 0.1) is 5.41 Å². The Balaban J connectivity index is 2.05. The van der Waals surface area contributed by atoms with Gasteiger partial charge in [0, 0.05) is 31.5 Å². The van der Waals surface area contributed by atoms with Crippen molar-refractivity contribution < 1.29 is 14.7 Å². The summed E-state index contributed by atoms with van der Waals surface area (Å²) in [6.07, 6.45) is 0.408. The van der Waals surface area contributed by atoms with Crippen LogP contribution in [0.5, 0.6) is 0 Å². The molecule has 5 nitrogen and oxygen atoms in total. The summed E-state index contributed by atoms with van der Waals surface area (Å²) in [5.74, 6) is 0.0484. The summed E-state index contributed by atoms with van der Waals surface area (Å²) in [5.41, 5.74) is -0.102. The molecule has 2 aliphatic heterocycles. The average molecular weight is 184 g/mol. The molecular formula is C8H12N2O3. The second kappa shape index (κ2) is 2.61. The molecule has 0 aliphatic carbocycles. The highest BCUT2D eigenvalue weighted by atomic mass is 16.4. The van der Waals surface area contributed by atoms with E-state index in [-0.39, 0.29) is 11.3 Å². The highest BCUT2D eigenvalue weighted by Gasteiger charge is 2.45. The maximum Gasteiger partial charge on any atom is 0.407 e. The van der Waals surface area contributed by atoms with Crippen molar-refractivity contribution in [3.63, 3.8) is 0 Å². The van der Waals surface area contributed by atoms with Crippen molar-refractivity contribution in [2.24, 2.45) is 5.41 Å². The van der Waals surface area contributed by atoms with Gasteiger partial charge in [-0.1, -0.05) is 0 Å².